The van der Waals surface area contributed by atoms with E-state index < -0.39 is 0 Å². The van der Waals surface area contributed by atoms with Crippen molar-refractivity contribution in [1.82, 2.24) is 15.0 Å². The summed E-state index contributed by atoms with van der Waals surface area (Å²) in [5.41, 5.74) is 7.23. The Morgan fingerprint density at radius 2 is 1.88 bits per heavy atom. The Morgan fingerprint density at radius 3 is 2.65 bits per heavy atom. The van der Waals surface area contributed by atoms with E-state index >= 15 is 0 Å². The Hall–Kier alpha value is -2.01. The minimum Gasteiger partial charge on any atom is -0.396 e. The number of nitrogens with one attached hydrogen (secondary N) is 1. The summed E-state index contributed by atoms with van der Waals surface area (Å²) < 4.78 is 0. The molecule has 17 heavy (non-hydrogen) atoms. The van der Waals surface area contributed by atoms with Gasteiger partial charge in [-0.1, -0.05) is 18.2 Å². The average molecular weight is 242 g/mol. The third-order valence-electron chi connectivity index (χ3n) is 2.35. The van der Waals surface area contributed by atoms with Gasteiger partial charge in [0.25, 0.3) is 0 Å². The second-order valence-corrected chi connectivity index (χ2v) is 4.63. The summed E-state index contributed by atoms with van der Waals surface area (Å²) in [7, 11) is 0. The summed E-state index contributed by atoms with van der Waals surface area (Å²) in [5.74, 6) is 0. The van der Waals surface area contributed by atoms with E-state index in [1.807, 2.05) is 18.2 Å². The Kier molecular flexibility index (Phi) is 2.45. The number of rotatable bonds is 2. The number of benzene rings is 1. The minimum absolute atomic E-state index is 0.575. The van der Waals surface area contributed by atoms with Crippen molar-refractivity contribution >= 4 is 28.4 Å². The van der Waals surface area contributed by atoms with Crippen molar-refractivity contribution in [1.29, 1.82) is 0 Å². The lowest BCUT2D eigenvalue weighted by atomic mass is 10.3. The zero-order valence-electron chi connectivity index (χ0n) is 8.92. The fraction of sp³-hybridized carbons (Fsp3) is 0. The van der Waals surface area contributed by atoms with E-state index in [1.54, 1.807) is 12.4 Å². The number of nitrogens with two attached hydrogens (primary N) is 1. The van der Waals surface area contributed by atoms with Crippen molar-refractivity contribution in [3.63, 3.8) is 0 Å². The smallest absolute Gasteiger partial charge is 0.193 e. The third kappa shape index (κ3) is 2.09. The number of para-hydroxylation sites is 1. The fourth-order valence-corrected chi connectivity index (χ4v) is 2.33. The van der Waals surface area contributed by atoms with E-state index in [2.05, 4.69) is 27.1 Å². The normalized spacial score (nSPS) is 10.8. The molecule has 0 fully saturated rings. The van der Waals surface area contributed by atoms with E-state index in [4.69, 9.17) is 5.73 Å². The highest BCUT2D eigenvalue weighted by atomic mass is 32.2. The number of nitrogens with zero attached hydrogens (tertiary/aromatic N) is 2. The van der Waals surface area contributed by atoms with Crippen LogP contribution in [-0.2, 0) is 0 Å². The zero-order valence-corrected chi connectivity index (χ0v) is 9.74. The van der Waals surface area contributed by atoms with Gasteiger partial charge in [-0.15, -0.1) is 0 Å². The summed E-state index contributed by atoms with van der Waals surface area (Å²) in [4.78, 5) is 11.6. The maximum Gasteiger partial charge on any atom is 0.193 e. The van der Waals surface area contributed by atoms with Gasteiger partial charge in [0.1, 0.15) is 0 Å². The van der Waals surface area contributed by atoms with E-state index in [9.17, 15) is 0 Å². The number of fused-ring (bicyclic) bond motifs is 1. The van der Waals surface area contributed by atoms with E-state index in [0.717, 1.165) is 10.5 Å². The zero-order chi connectivity index (χ0) is 11.7. The van der Waals surface area contributed by atoms with Gasteiger partial charge in [-0.25, -0.2) is 9.97 Å². The highest BCUT2D eigenvalue weighted by Crippen LogP contribution is 2.27. The molecule has 2 heterocycles. The first-order chi connectivity index (χ1) is 8.31. The SMILES string of the molecule is Nc1cnc(Sc2cc3ccccc3[nH]2)nc1. The molecule has 0 aliphatic carbocycles. The Bertz CT molecular complexity index is 612. The molecular formula is C12H10N4S. The maximum atomic E-state index is 5.54. The monoisotopic (exact) mass is 242 g/mol. The van der Waals surface area contributed by atoms with Crippen LogP contribution in [-0.4, -0.2) is 15.0 Å². The highest BCUT2D eigenvalue weighted by Gasteiger charge is 2.03. The number of aromatic amines is 1. The van der Waals surface area contributed by atoms with Crippen LogP contribution in [0.5, 0.6) is 0 Å². The van der Waals surface area contributed by atoms with Crippen molar-refractivity contribution in [2.75, 3.05) is 5.73 Å². The molecule has 3 aromatic rings. The summed E-state index contributed by atoms with van der Waals surface area (Å²) in [5, 5.41) is 2.90. The van der Waals surface area contributed by atoms with Crippen LogP contribution in [0.25, 0.3) is 10.9 Å². The van der Waals surface area contributed by atoms with Crippen LogP contribution in [0.2, 0.25) is 0 Å². The van der Waals surface area contributed by atoms with Crippen LogP contribution in [0.1, 0.15) is 0 Å². The molecule has 4 nitrogen and oxygen atoms in total. The largest absolute Gasteiger partial charge is 0.396 e. The van der Waals surface area contributed by atoms with E-state index in [1.165, 1.54) is 17.1 Å². The second-order valence-electron chi connectivity index (χ2n) is 3.62. The predicted octanol–water partition coefficient (Wildman–Crippen LogP) is 2.69. The Balaban J connectivity index is 1.92. The molecule has 2 aromatic heterocycles. The molecule has 0 aliphatic rings. The number of anilines is 1. The molecule has 0 saturated carbocycles. The van der Waals surface area contributed by atoms with Gasteiger partial charge in [-0.2, -0.15) is 0 Å². The van der Waals surface area contributed by atoms with E-state index in [0.29, 0.717) is 10.8 Å². The first kappa shape index (κ1) is 10.2. The topological polar surface area (TPSA) is 67.6 Å². The van der Waals surface area contributed by atoms with E-state index in [-0.39, 0.29) is 0 Å². The lowest BCUT2D eigenvalue weighted by Gasteiger charge is -1.96. The third-order valence-corrected chi connectivity index (χ3v) is 3.19. The van der Waals surface area contributed by atoms with Crippen molar-refractivity contribution in [2.45, 2.75) is 10.2 Å². The molecule has 0 unspecified atom stereocenters. The number of H-pyrrole nitrogens is 1. The molecule has 1 aromatic carbocycles. The second kappa shape index (κ2) is 4.10. The summed E-state index contributed by atoms with van der Waals surface area (Å²) in [6, 6.07) is 10.2. The van der Waals surface area contributed by atoms with Gasteiger partial charge in [-0.3, -0.25) is 0 Å². The lowest BCUT2D eigenvalue weighted by molar-refractivity contribution is 0.967. The first-order valence-electron chi connectivity index (χ1n) is 5.14. The van der Waals surface area contributed by atoms with Gasteiger partial charge in [0, 0.05) is 10.9 Å². The molecule has 0 aliphatic heterocycles. The highest BCUT2D eigenvalue weighted by molar-refractivity contribution is 7.99. The van der Waals surface area contributed by atoms with Gasteiger partial charge < -0.3 is 10.7 Å². The molecule has 0 saturated heterocycles. The maximum absolute atomic E-state index is 5.54. The quantitative estimate of drug-likeness (QED) is 0.678. The van der Waals surface area contributed by atoms with Crippen LogP contribution in [0.3, 0.4) is 0 Å². The number of hydrogen-bond donors (Lipinski definition) is 2. The lowest BCUT2D eigenvalue weighted by Crippen LogP contribution is -1.90. The summed E-state index contributed by atoms with van der Waals surface area (Å²) in [6.07, 6.45) is 3.22. The van der Waals surface area contributed by atoms with Gasteiger partial charge >= 0.3 is 0 Å². The fourth-order valence-electron chi connectivity index (χ4n) is 1.58. The van der Waals surface area contributed by atoms with Gasteiger partial charge in [0.05, 0.1) is 23.1 Å². The molecule has 3 rings (SSSR count). The molecule has 0 amide bonds. The van der Waals surface area contributed by atoms with Gasteiger partial charge in [-0.05, 0) is 23.9 Å². The number of nitrogen functional groups attached to an aromatic ring is 1. The van der Waals surface area contributed by atoms with Crippen LogP contribution in [0.4, 0.5) is 5.69 Å². The van der Waals surface area contributed by atoms with Gasteiger partial charge in [0.2, 0.25) is 0 Å². The summed E-state index contributed by atoms with van der Waals surface area (Å²) in [6.45, 7) is 0. The molecule has 0 atom stereocenters. The average Bonchev–Trinajstić information content (AvgIpc) is 2.74. The molecular weight excluding hydrogens is 232 g/mol. The van der Waals surface area contributed by atoms with Crippen LogP contribution in [0, 0.1) is 0 Å². The molecule has 84 valence electrons. The van der Waals surface area contributed by atoms with Crippen molar-refractivity contribution in [2.24, 2.45) is 0 Å². The molecule has 3 N–H and O–H groups in total. The van der Waals surface area contributed by atoms with Crippen molar-refractivity contribution < 1.29 is 0 Å². The Labute approximate surface area is 102 Å². The van der Waals surface area contributed by atoms with Crippen molar-refractivity contribution in [3.8, 4) is 0 Å². The molecule has 0 radical (unpaired) electrons. The minimum atomic E-state index is 0.575. The molecule has 5 heteroatoms. The van der Waals surface area contributed by atoms with Crippen LogP contribution in [0.15, 0.2) is 52.9 Å². The molecule has 0 bridgehead atoms. The van der Waals surface area contributed by atoms with Crippen LogP contribution < -0.4 is 5.73 Å². The summed E-state index contributed by atoms with van der Waals surface area (Å²) >= 11 is 1.49. The molecule has 0 spiro atoms. The predicted molar refractivity (Wildman–Crippen MR) is 68.9 cm³/mol. The Morgan fingerprint density at radius 1 is 1.12 bits per heavy atom. The first-order valence-corrected chi connectivity index (χ1v) is 5.96. The van der Waals surface area contributed by atoms with Crippen LogP contribution >= 0.6 is 11.8 Å². The van der Waals surface area contributed by atoms with Gasteiger partial charge in [0.15, 0.2) is 5.16 Å². The number of aromatic nitrogens is 3. The number of hydrogen-bond acceptors (Lipinski definition) is 4. The standard InChI is InChI=1S/C12H10N4S/c13-9-6-14-12(15-7-9)17-11-5-8-3-1-2-4-10(8)16-11/h1-7,16H,13H2. The van der Waals surface area contributed by atoms with Crippen molar-refractivity contribution in [3.05, 3.63) is 42.7 Å².